The highest BCUT2D eigenvalue weighted by Crippen LogP contribution is 2.20. The SMILES string of the molecule is CCC(CO)N(Cc1cccnc1)C(=O)CCCc1c[nH]c2ccccc12. The number of carbonyl (C=O) groups excluding carboxylic acids is 1. The van der Waals surface area contributed by atoms with Gasteiger partial charge in [0.15, 0.2) is 0 Å². The first kappa shape index (κ1) is 19.1. The van der Waals surface area contributed by atoms with Crippen molar-refractivity contribution in [1.29, 1.82) is 0 Å². The molecular formula is C22H27N3O2. The quantitative estimate of drug-likeness (QED) is 0.608. The average molecular weight is 365 g/mol. The molecule has 1 unspecified atom stereocenters. The van der Waals surface area contributed by atoms with Gasteiger partial charge in [-0.3, -0.25) is 9.78 Å². The van der Waals surface area contributed by atoms with E-state index >= 15 is 0 Å². The fourth-order valence-electron chi connectivity index (χ4n) is 3.47. The summed E-state index contributed by atoms with van der Waals surface area (Å²) < 4.78 is 0. The van der Waals surface area contributed by atoms with Crippen LogP contribution in [0.25, 0.3) is 10.9 Å². The van der Waals surface area contributed by atoms with Gasteiger partial charge in [0, 0.05) is 42.5 Å². The van der Waals surface area contributed by atoms with Crippen LogP contribution >= 0.6 is 0 Å². The van der Waals surface area contributed by atoms with Crippen LogP contribution in [0.4, 0.5) is 0 Å². The summed E-state index contributed by atoms with van der Waals surface area (Å²) in [5.41, 5.74) is 3.35. The normalized spacial score (nSPS) is 12.2. The second-order valence-electron chi connectivity index (χ2n) is 6.84. The fourth-order valence-corrected chi connectivity index (χ4v) is 3.47. The summed E-state index contributed by atoms with van der Waals surface area (Å²) in [5, 5.41) is 10.9. The first-order chi connectivity index (χ1) is 13.2. The molecule has 5 nitrogen and oxygen atoms in total. The summed E-state index contributed by atoms with van der Waals surface area (Å²) in [6.45, 7) is 2.46. The third-order valence-corrected chi connectivity index (χ3v) is 5.03. The third-order valence-electron chi connectivity index (χ3n) is 5.03. The lowest BCUT2D eigenvalue weighted by Crippen LogP contribution is -2.41. The highest BCUT2D eigenvalue weighted by Gasteiger charge is 2.22. The Morgan fingerprint density at radius 3 is 2.85 bits per heavy atom. The second-order valence-corrected chi connectivity index (χ2v) is 6.84. The average Bonchev–Trinajstić information content (AvgIpc) is 3.12. The molecule has 0 saturated heterocycles. The molecule has 0 aliphatic rings. The summed E-state index contributed by atoms with van der Waals surface area (Å²) in [6.07, 6.45) is 8.36. The van der Waals surface area contributed by atoms with E-state index in [1.807, 2.05) is 37.4 Å². The number of aromatic nitrogens is 2. The largest absolute Gasteiger partial charge is 0.394 e. The molecule has 3 aromatic rings. The number of aliphatic hydroxyl groups excluding tert-OH is 1. The molecule has 2 N–H and O–H groups in total. The number of H-pyrrole nitrogens is 1. The highest BCUT2D eigenvalue weighted by atomic mass is 16.3. The van der Waals surface area contributed by atoms with Crippen LogP contribution < -0.4 is 0 Å². The van der Waals surface area contributed by atoms with Gasteiger partial charge in [-0.05, 0) is 42.5 Å². The zero-order valence-corrected chi connectivity index (χ0v) is 15.8. The molecule has 27 heavy (non-hydrogen) atoms. The lowest BCUT2D eigenvalue weighted by Gasteiger charge is -2.30. The highest BCUT2D eigenvalue weighted by molar-refractivity contribution is 5.83. The van der Waals surface area contributed by atoms with Gasteiger partial charge in [0.1, 0.15) is 0 Å². The predicted molar refractivity (Wildman–Crippen MR) is 107 cm³/mol. The van der Waals surface area contributed by atoms with Gasteiger partial charge in [-0.25, -0.2) is 0 Å². The van der Waals surface area contributed by atoms with Crippen molar-refractivity contribution in [2.75, 3.05) is 6.61 Å². The Morgan fingerprint density at radius 2 is 2.11 bits per heavy atom. The molecule has 2 heterocycles. The maximum atomic E-state index is 12.9. The van der Waals surface area contributed by atoms with Crippen LogP contribution in [0.5, 0.6) is 0 Å². The number of nitrogens with one attached hydrogen (secondary N) is 1. The molecule has 0 spiro atoms. The number of aryl methyl sites for hydroxylation is 1. The van der Waals surface area contributed by atoms with Gasteiger partial charge >= 0.3 is 0 Å². The van der Waals surface area contributed by atoms with Crippen LogP contribution in [-0.4, -0.2) is 38.5 Å². The number of rotatable bonds is 9. The van der Waals surface area contributed by atoms with E-state index in [2.05, 4.69) is 22.1 Å². The molecule has 0 aliphatic heterocycles. The first-order valence-corrected chi connectivity index (χ1v) is 9.57. The van der Waals surface area contributed by atoms with E-state index in [1.54, 1.807) is 17.3 Å². The number of fused-ring (bicyclic) bond motifs is 1. The number of nitrogens with zero attached hydrogens (tertiary/aromatic N) is 2. The zero-order chi connectivity index (χ0) is 19.1. The number of hydrogen-bond donors (Lipinski definition) is 2. The minimum absolute atomic E-state index is 0.0229. The minimum atomic E-state index is -0.161. The van der Waals surface area contributed by atoms with E-state index in [0.717, 1.165) is 30.3 Å². The minimum Gasteiger partial charge on any atom is -0.394 e. The standard InChI is InChI=1S/C22H27N3O2/c1-2-19(16-26)25(15-17-7-6-12-23-13-17)22(27)11-5-8-18-14-24-21-10-4-3-9-20(18)21/h3-4,6-7,9-10,12-14,19,24,26H,2,5,8,11,15-16H2,1H3. The number of aliphatic hydroxyl groups is 1. The van der Waals surface area contributed by atoms with Crippen molar-refractivity contribution in [3.63, 3.8) is 0 Å². The van der Waals surface area contributed by atoms with Crippen molar-refractivity contribution >= 4 is 16.8 Å². The summed E-state index contributed by atoms with van der Waals surface area (Å²) in [7, 11) is 0. The lowest BCUT2D eigenvalue weighted by atomic mass is 10.1. The number of amides is 1. The Hall–Kier alpha value is -2.66. The Balaban J connectivity index is 1.63. The molecule has 1 amide bonds. The third kappa shape index (κ3) is 4.74. The van der Waals surface area contributed by atoms with E-state index in [9.17, 15) is 9.90 Å². The van der Waals surface area contributed by atoms with Crippen molar-refractivity contribution in [2.45, 2.75) is 45.2 Å². The second kappa shape index (κ2) is 9.33. The van der Waals surface area contributed by atoms with Gasteiger partial charge in [0.2, 0.25) is 5.91 Å². The fraction of sp³-hybridized carbons (Fsp3) is 0.364. The molecule has 0 bridgehead atoms. The van der Waals surface area contributed by atoms with Crippen LogP contribution in [0, 0.1) is 0 Å². The van der Waals surface area contributed by atoms with Crippen molar-refractivity contribution in [1.82, 2.24) is 14.9 Å². The summed E-state index contributed by atoms with van der Waals surface area (Å²) in [4.78, 5) is 22.1. The Labute approximate surface area is 160 Å². The van der Waals surface area contributed by atoms with Crippen LogP contribution in [0.2, 0.25) is 0 Å². The van der Waals surface area contributed by atoms with Crippen LogP contribution in [0.15, 0.2) is 55.0 Å². The van der Waals surface area contributed by atoms with E-state index in [1.165, 1.54) is 10.9 Å². The van der Waals surface area contributed by atoms with Crippen LogP contribution in [-0.2, 0) is 17.8 Å². The van der Waals surface area contributed by atoms with E-state index in [0.29, 0.717) is 13.0 Å². The van der Waals surface area contributed by atoms with E-state index in [-0.39, 0.29) is 18.6 Å². The van der Waals surface area contributed by atoms with Gasteiger partial charge in [0.05, 0.1) is 12.6 Å². The van der Waals surface area contributed by atoms with Gasteiger partial charge in [0.25, 0.3) is 0 Å². The van der Waals surface area contributed by atoms with Crippen molar-refractivity contribution in [3.05, 3.63) is 66.1 Å². The molecule has 0 saturated carbocycles. The number of carbonyl (C=O) groups is 1. The number of hydrogen-bond acceptors (Lipinski definition) is 3. The lowest BCUT2D eigenvalue weighted by molar-refractivity contribution is -0.135. The van der Waals surface area contributed by atoms with Crippen LogP contribution in [0.3, 0.4) is 0 Å². The molecule has 5 heteroatoms. The van der Waals surface area contributed by atoms with Gasteiger partial charge in [-0.15, -0.1) is 0 Å². The maximum Gasteiger partial charge on any atom is 0.223 e. The summed E-state index contributed by atoms with van der Waals surface area (Å²) in [6, 6.07) is 11.9. The van der Waals surface area contributed by atoms with Crippen molar-refractivity contribution < 1.29 is 9.90 Å². The molecule has 0 aliphatic carbocycles. The molecular weight excluding hydrogens is 338 g/mol. The summed E-state index contributed by atoms with van der Waals surface area (Å²) in [5.74, 6) is 0.0830. The summed E-state index contributed by atoms with van der Waals surface area (Å²) >= 11 is 0. The number of para-hydroxylation sites is 1. The zero-order valence-electron chi connectivity index (χ0n) is 15.8. The topological polar surface area (TPSA) is 69.2 Å². The maximum absolute atomic E-state index is 12.9. The van der Waals surface area contributed by atoms with Gasteiger partial charge in [-0.2, -0.15) is 0 Å². The first-order valence-electron chi connectivity index (χ1n) is 9.57. The number of pyridine rings is 1. The smallest absolute Gasteiger partial charge is 0.223 e. The molecule has 0 fully saturated rings. The molecule has 142 valence electrons. The number of aromatic amines is 1. The van der Waals surface area contributed by atoms with Gasteiger partial charge < -0.3 is 15.0 Å². The molecule has 0 radical (unpaired) electrons. The van der Waals surface area contributed by atoms with Crippen molar-refractivity contribution in [3.8, 4) is 0 Å². The Bertz CT molecular complexity index is 856. The predicted octanol–water partition coefficient (Wildman–Crippen LogP) is 3.69. The molecule has 3 rings (SSSR count). The molecule has 1 atom stereocenters. The number of benzene rings is 1. The molecule has 2 aromatic heterocycles. The van der Waals surface area contributed by atoms with E-state index in [4.69, 9.17) is 0 Å². The Kier molecular flexibility index (Phi) is 6.60. The van der Waals surface area contributed by atoms with E-state index < -0.39 is 0 Å². The Morgan fingerprint density at radius 1 is 1.26 bits per heavy atom. The molecule has 1 aromatic carbocycles. The van der Waals surface area contributed by atoms with Crippen LogP contribution in [0.1, 0.15) is 37.3 Å². The van der Waals surface area contributed by atoms with Gasteiger partial charge in [-0.1, -0.05) is 31.2 Å². The van der Waals surface area contributed by atoms with Crippen molar-refractivity contribution in [2.24, 2.45) is 0 Å². The monoisotopic (exact) mass is 365 g/mol.